The predicted molar refractivity (Wildman–Crippen MR) is 92.6 cm³/mol. The minimum atomic E-state index is 0.108. The Kier molecular flexibility index (Phi) is 4.10. The number of nitrogens with one attached hydrogen (secondary N) is 2. The fraction of sp³-hybridized carbons (Fsp3) is 0.133. The van der Waals surface area contributed by atoms with E-state index in [0.29, 0.717) is 5.11 Å². The monoisotopic (exact) mass is 410 g/mol. The van der Waals surface area contributed by atoms with Crippen molar-refractivity contribution in [2.75, 3.05) is 0 Å². The Hall–Kier alpha value is -0.910. The quantitative estimate of drug-likeness (QED) is 0.712. The number of hydrogen-bond acceptors (Lipinski definition) is 1. The third kappa shape index (κ3) is 2.62. The minimum Gasteiger partial charge on any atom is -0.353 e. The lowest BCUT2D eigenvalue weighted by Crippen LogP contribution is -2.21. The van der Waals surface area contributed by atoms with E-state index in [9.17, 15) is 0 Å². The highest BCUT2D eigenvalue weighted by atomic mass is 79.9. The van der Waals surface area contributed by atoms with Gasteiger partial charge in [-0.25, -0.2) is 0 Å². The van der Waals surface area contributed by atoms with E-state index >= 15 is 0 Å². The van der Waals surface area contributed by atoms with Gasteiger partial charge in [-0.3, -0.25) is 0 Å². The van der Waals surface area contributed by atoms with Crippen LogP contribution in [0, 0.1) is 0 Å². The van der Waals surface area contributed by atoms with Crippen molar-refractivity contribution in [3.8, 4) is 0 Å². The molecule has 0 bridgehead atoms. The zero-order chi connectivity index (χ0) is 14.1. The first-order valence-corrected chi connectivity index (χ1v) is 8.22. The normalized spacial score (nSPS) is 21.4. The maximum atomic E-state index is 5.31. The Morgan fingerprint density at radius 1 is 0.750 bits per heavy atom. The first-order chi connectivity index (χ1) is 9.66. The maximum Gasteiger partial charge on any atom is 0.167 e. The fourth-order valence-electron chi connectivity index (χ4n) is 2.46. The molecule has 0 amide bonds. The third-order valence-electron chi connectivity index (χ3n) is 3.39. The van der Waals surface area contributed by atoms with Gasteiger partial charge in [0.05, 0.1) is 12.1 Å². The molecule has 2 aromatic rings. The van der Waals surface area contributed by atoms with Gasteiger partial charge in [-0.05, 0) is 35.5 Å². The van der Waals surface area contributed by atoms with Crippen molar-refractivity contribution in [3.05, 3.63) is 68.6 Å². The zero-order valence-electron chi connectivity index (χ0n) is 10.4. The van der Waals surface area contributed by atoms with Gasteiger partial charge in [0.15, 0.2) is 5.11 Å². The van der Waals surface area contributed by atoms with Crippen molar-refractivity contribution >= 4 is 49.2 Å². The molecule has 0 saturated carbocycles. The second-order valence-corrected chi connectivity index (χ2v) is 6.73. The maximum absolute atomic E-state index is 5.31. The molecule has 2 unspecified atom stereocenters. The second-order valence-electron chi connectivity index (χ2n) is 4.62. The number of rotatable bonds is 2. The van der Waals surface area contributed by atoms with Gasteiger partial charge in [0.1, 0.15) is 0 Å². The van der Waals surface area contributed by atoms with Crippen LogP contribution in [0.1, 0.15) is 23.2 Å². The van der Waals surface area contributed by atoms with Crippen LogP contribution in [0.15, 0.2) is 57.5 Å². The summed E-state index contributed by atoms with van der Waals surface area (Å²) in [6.07, 6.45) is 0. The van der Waals surface area contributed by atoms with Crippen LogP contribution in [0.2, 0.25) is 0 Å². The van der Waals surface area contributed by atoms with Gasteiger partial charge in [0, 0.05) is 8.95 Å². The van der Waals surface area contributed by atoms with Crippen molar-refractivity contribution in [3.63, 3.8) is 0 Å². The summed E-state index contributed by atoms with van der Waals surface area (Å²) in [6.45, 7) is 0. The highest BCUT2D eigenvalue weighted by molar-refractivity contribution is 9.10. The van der Waals surface area contributed by atoms with Gasteiger partial charge in [-0.1, -0.05) is 68.3 Å². The molecule has 2 nitrogen and oxygen atoms in total. The van der Waals surface area contributed by atoms with E-state index in [1.165, 1.54) is 11.1 Å². The summed E-state index contributed by atoms with van der Waals surface area (Å²) in [5.74, 6) is 0. The van der Waals surface area contributed by atoms with Crippen LogP contribution >= 0.6 is 44.1 Å². The molecule has 20 heavy (non-hydrogen) atoms. The van der Waals surface area contributed by atoms with Gasteiger partial charge in [0.2, 0.25) is 0 Å². The molecule has 0 radical (unpaired) electrons. The van der Waals surface area contributed by atoms with Crippen molar-refractivity contribution in [2.24, 2.45) is 0 Å². The molecule has 1 fully saturated rings. The lowest BCUT2D eigenvalue weighted by atomic mass is 9.95. The second kappa shape index (κ2) is 5.84. The van der Waals surface area contributed by atoms with E-state index in [2.05, 4.69) is 66.8 Å². The van der Waals surface area contributed by atoms with E-state index in [4.69, 9.17) is 12.2 Å². The Balaban J connectivity index is 2.04. The number of benzene rings is 2. The smallest absolute Gasteiger partial charge is 0.167 e. The average Bonchev–Trinajstić information content (AvgIpc) is 2.81. The van der Waals surface area contributed by atoms with Crippen LogP contribution in [0.4, 0.5) is 0 Å². The summed E-state index contributed by atoms with van der Waals surface area (Å²) < 4.78 is 2.17. The first kappa shape index (κ1) is 14.0. The highest BCUT2D eigenvalue weighted by Gasteiger charge is 2.33. The Bertz CT molecular complexity index is 604. The lowest BCUT2D eigenvalue weighted by molar-refractivity contribution is 0.550. The third-order valence-corrected chi connectivity index (χ3v) is 5.07. The molecule has 3 rings (SSSR count). The molecule has 1 aliphatic rings. The van der Waals surface area contributed by atoms with Gasteiger partial charge in [-0.15, -0.1) is 0 Å². The lowest BCUT2D eigenvalue weighted by Gasteiger charge is -2.21. The van der Waals surface area contributed by atoms with Crippen molar-refractivity contribution in [1.29, 1.82) is 0 Å². The van der Waals surface area contributed by atoms with Crippen LogP contribution in [-0.4, -0.2) is 5.11 Å². The van der Waals surface area contributed by atoms with E-state index in [-0.39, 0.29) is 12.1 Å². The molecule has 2 N–H and O–H groups in total. The van der Waals surface area contributed by atoms with E-state index in [1.54, 1.807) is 0 Å². The van der Waals surface area contributed by atoms with E-state index < -0.39 is 0 Å². The molecule has 1 heterocycles. The van der Waals surface area contributed by atoms with Crippen LogP contribution in [0.3, 0.4) is 0 Å². The molecule has 0 spiro atoms. The number of hydrogen-bond donors (Lipinski definition) is 2. The molecule has 2 atom stereocenters. The summed E-state index contributed by atoms with van der Waals surface area (Å²) in [4.78, 5) is 0. The topological polar surface area (TPSA) is 24.1 Å². The van der Waals surface area contributed by atoms with Gasteiger partial charge >= 0.3 is 0 Å². The summed E-state index contributed by atoms with van der Waals surface area (Å²) in [6, 6.07) is 16.7. The fourth-order valence-corrected chi connectivity index (χ4v) is 3.78. The largest absolute Gasteiger partial charge is 0.353 e. The first-order valence-electron chi connectivity index (χ1n) is 6.22. The van der Waals surface area contributed by atoms with Crippen molar-refractivity contribution < 1.29 is 0 Å². The van der Waals surface area contributed by atoms with Crippen LogP contribution < -0.4 is 10.6 Å². The SMILES string of the molecule is S=C1NC(c2ccccc2Br)C(c2ccccc2Br)N1. The van der Waals surface area contributed by atoms with Crippen molar-refractivity contribution in [1.82, 2.24) is 10.6 Å². The van der Waals surface area contributed by atoms with Gasteiger partial charge in [0.25, 0.3) is 0 Å². The summed E-state index contributed by atoms with van der Waals surface area (Å²) in [5.41, 5.74) is 2.39. The Morgan fingerprint density at radius 2 is 1.15 bits per heavy atom. The molecule has 1 saturated heterocycles. The number of thiocarbonyl (C=S) groups is 1. The number of halogens is 2. The van der Waals surface area contributed by atoms with Gasteiger partial charge < -0.3 is 10.6 Å². The molecular weight excluding hydrogens is 400 g/mol. The Labute approximate surface area is 140 Å². The Morgan fingerprint density at radius 3 is 1.55 bits per heavy atom. The molecule has 5 heteroatoms. The molecule has 102 valence electrons. The van der Waals surface area contributed by atoms with Crippen LogP contribution in [0.5, 0.6) is 0 Å². The molecule has 1 aliphatic heterocycles. The predicted octanol–water partition coefficient (Wildman–Crippen LogP) is 4.47. The minimum absolute atomic E-state index is 0.108. The summed E-state index contributed by atoms with van der Waals surface area (Å²) in [5, 5.41) is 7.40. The molecule has 0 aliphatic carbocycles. The zero-order valence-corrected chi connectivity index (χ0v) is 14.4. The van der Waals surface area contributed by atoms with E-state index in [0.717, 1.165) is 8.95 Å². The average molecular weight is 412 g/mol. The standard InChI is InChI=1S/C15H12Br2N2S/c16-11-7-3-1-5-9(11)13-14(19-15(20)18-13)10-6-2-4-8-12(10)17/h1-8,13-14H,(H2,18,19,20). The van der Waals surface area contributed by atoms with Crippen molar-refractivity contribution in [2.45, 2.75) is 12.1 Å². The summed E-state index contributed by atoms with van der Waals surface area (Å²) >= 11 is 12.6. The summed E-state index contributed by atoms with van der Waals surface area (Å²) in [7, 11) is 0. The van der Waals surface area contributed by atoms with E-state index in [1.807, 2.05) is 24.3 Å². The van der Waals surface area contributed by atoms with Gasteiger partial charge in [-0.2, -0.15) is 0 Å². The molecule has 0 aromatic heterocycles. The van der Waals surface area contributed by atoms with Crippen LogP contribution in [0.25, 0.3) is 0 Å². The molecule has 2 aromatic carbocycles. The molecular formula is C15H12Br2N2S. The van der Waals surface area contributed by atoms with Crippen LogP contribution in [-0.2, 0) is 0 Å². The highest BCUT2D eigenvalue weighted by Crippen LogP contribution is 2.38.